The summed E-state index contributed by atoms with van der Waals surface area (Å²) in [7, 11) is -9.64. The first-order chi connectivity index (χ1) is 20.6. The largest absolute Gasteiger partial charge is 0.111 e. The molecule has 7 rings (SSSR count). The Bertz CT molecular complexity index is 1550. The van der Waals surface area contributed by atoms with E-state index in [4.69, 9.17) is 0 Å². The van der Waals surface area contributed by atoms with Gasteiger partial charge in [0.25, 0.3) is 0 Å². The second-order valence-electron chi connectivity index (χ2n) is 11.9. The van der Waals surface area contributed by atoms with Crippen LogP contribution in [-0.4, -0.2) is 28.4 Å². The van der Waals surface area contributed by atoms with E-state index in [2.05, 4.69) is 195 Å². The smallest absolute Gasteiger partial charge is 0.0682 e. The van der Waals surface area contributed by atoms with Crippen molar-refractivity contribution in [3.8, 4) is 0 Å². The van der Waals surface area contributed by atoms with Gasteiger partial charge in [0.15, 0.2) is 0 Å². The topological polar surface area (TPSA) is 0 Å². The second-order valence-corrected chi connectivity index (χ2v) is 49.9. The molecule has 204 valence electrons. The Kier molecular flexibility index (Phi) is 6.74. The van der Waals surface area contributed by atoms with Crippen LogP contribution in [0.4, 0.5) is 0 Å². The number of hydrogen-bond donors (Lipinski definition) is 0. The maximum atomic E-state index is 2.83. The van der Waals surface area contributed by atoms with E-state index in [0.717, 1.165) is 0 Å². The van der Waals surface area contributed by atoms with E-state index in [1.165, 1.54) is 0 Å². The predicted octanol–water partition coefficient (Wildman–Crippen LogP) is 4.81. The molecule has 1 aliphatic heterocycles. The van der Waals surface area contributed by atoms with Crippen LogP contribution in [0.15, 0.2) is 182 Å². The molecule has 0 saturated carbocycles. The Hall–Kier alpha value is -3.81. The highest BCUT2D eigenvalue weighted by Crippen LogP contribution is 2.50. The van der Waals surface area contributed by atoms with Crippen LogP contribution >= 0.6 is 0 Å². The van der Waals surface area contributed by atoms with Crippen molar-refractivity contribution in [2.24, 2.45) is 0 Å². The molecule has 0 atom stereocenters. The normalized spacial score (nSPS) is 22.1. The van der Waals surface area contributed by atoms with Gasteiger partial charge >= 0.3 is 0 Å². The minimum atomic E-state index is -2.45. The summed E-state index contributed by atoms with van der Waals surface area (Å²) in [5.41, 5.74) is 0. The summed E-state index contributed by atoms with van der Waals surface area (Å²) in [6.45, 7) is 5.66. The number of benzene rings is 6. The van der Waals surface area contributed by atoms with Gasteiger partial charge in [0.1, 0.15) is 14.2 Å². The molecule has 1 saturated heterocycles. The van der Waals surface area contributed by atoms with Crippen molar-refractivity contribution in [2.45, 2.75) is 13.1 Å². The molecule has 0 spiro atoms. The molecule has 1 fully saturated rings. The van der Waals surface area contributed by atoms with Gasteiger partial charge < -0.3 is 0 Å². The van der Waals surface area contributed by atoms with Crippen LogP contribution in [0.3, 0.4) is 0 Å². The highest BCUT2D eigenvalue weighted by atomic mass is 30.2. The molecule has 0 aromatic heterocycles. The van der Waals surface area contributed by atoms with Gasteiger partial charge in [-0.25, -0.2) is 0 Å². The Balaban J connectivity index is 1.78. The quantitative estimate of drug-likeness (QED) is 0.240. The molecule has 0 radical (unpaired) electrons. The van der Waals surface area contributed by atoms with E-state index < -0.39 is 28.4 Å². The van der Waals surface area contributed by atoms with Gasteiger partial charge in [-0.15, -0.1) is 0 Å². The fraction of sp³-hybridized carbons (Fsp3) is 0.0526. The molecule has 4 heteroatoms. The fourth-order valence-corrected chi connectivity index (χ4v) is 138. The standard InChI is InChI=1S/C38H36Si4/c1-39(33-21-9-3-10-22-33)41(35-25-13-5-14-26-35,36-27-15-6-16-28-36)40(2,34-23-11-4-12-24-34)42(39,37-29-17-7-18-30-37)38-31-19-8-20-32-38/h3-32H,1-2H3. The zero-order chi connectivity index (χ0) is 28.7. The van der Waals surface area contributed by atoms with E-state index in [1.54, 1.807) is 31.1 Å². The Morgan fingerprint density at radius 1 is 0.238 bits per heavy atom. The Morgan fingerprint density at radius 2 is 0.405 bits per heavy atom. The molecule has 0 unspecified atom stereocenters. The maximum Gasteiger partial charge on any atom is 0.111 e. The van der Waals surface area contributed by atoms with Crippen LogP contribution in [-0.2, 0) is 0 Å². The molecular formula is C38H36Si4. The summed E-state index contributed by atoms with van der Waals surface area (Å²) in [5.74, 6) is 0. The van der Waals surface area contributed by atoms with E-state index in [9.17, 15) is 0 Å². The van der Waals surface area contributed by atoms with Crippen LogP contribution in [0.1, 0.15) is 0 Å². The summed E-state index contributed by atoms with van der Waals surface area (Å²) >= 11 is 0. The second kappa shape index (κ2) is 10.5. The van der Waals surface area contributed by atoms with Gasteiger partial charge in [0.05, 0.1) is 14.2 Å². The van der Waals surface area contributed by atoms with Crippen molar-refractivity contribution in [3.05, 3.63) is 182 Å². The lowest BCUT2D eigenvalue weighted by Gasteiger charge is -2.78. The molecule has 0 aliphatic carbocycles. The van der Waals surface area contributed by atoms with Crippen molar-refractivity contribution in [2.75, 3.05) is 0 Å². The fourth-order valence-electron chi connectivity index (χ4n) is 9.30. The Morgan fingerprint density at radius 3 is 0.595 bits per heavy atom. The van der Waals surface area contributed by atoms with Crippen LogP contribution in [0.5, 0.6) is 0 Å². The molecule has 0 nitrogen and oxygen atoms in total. The van der Waals surface area contributed by atoms with Crippen molar-refractivity contribution in [1.82, 2.24) is 0 Å². The zero-order valence-electron chi connectivity index (χ0n) is 24.3. The van der Waals surface area contributed by atoms with Gasteiger partial charge in [-0.2, -0.15) is 0 Å². The number of rotatable bonds is 6. The lowest BCUT2D eigenvalue weighted by atomic mass is 10.4. The minimum absolute atomic E-state index is 1.63. The third-order valence-corrected chi connectivity index (χ3v) is 93.2. The van der Waals surface area contributed by atoms with Gasteiger partial charge in [-0.1, -0.05) is 226 Å². The van der Waals surface area contributed by atoms with Crippen molar-refractivity contribution in [1.29, 1.82) is 0 Å². The van der Waals surface area contributed by atoms with Crippen molar-refractivity contribution < 1.29 is 0 Å². The van der Waals surface area contributed by atoms with E-state index in [0.29, 0.717) is 0 Å². The number of hydrogen-bond acceptors (Lipinski definition) is 0. The van der Waals surface area contributed by atoms with Crippen LogP contribution < -0.4 is 31.1 Å². The molecule has 1 heterocycles. The zero-order valence-corrected chi connectivity index (χ0v) is 28.3. The van der Waals surface area contributed by atoms with Crippen molar-refractivity contribution >= 4 is 59.6 Å². The molecule has 42 heavy (non-hydrogen) atoms. The Labute approximate surface area is 253 Å². The third kappa shape index (κ3) is 3.32. The van der Waals surface area contributed by atoms with Gasteiger partial charge in [-0.05, 0) is 0 Å². The molecule has 1 aliphatic rings. The molecular weight excluding hydrogens is 569 g/mol. The average molecular weight is 605 g/mol. The summed E-state index contributed by atoms with van der Waals surface area (Å²) in [4.78, 5) is 0. The van der Waals surface area contributed by atoms with Gasteiger partial charge in [0.2, 0.25) is 0 Å². The average Bonchev–Trinajstić information content (AvgIpc) is 3.08. The van der Waals surface area contributed by atoms with E-state index >= 15 is 0 Å². The molecule has 0 N–H and O–H groups in total. The van der Waals surface area contributed by atoms with Crippen LogP contribution in [0, 0.1) is 0 Å². The molecule has 0 bridgehead atoms. The first-order valence-corrected chi connectivity index (χ1v) is 28.0. The first kappa shape index (κ1) is 27.0. The van der Waals surface area contributed by atoms with E-state index in [1.807, 2.05) is 0 Å². The minimum Gasteiger partial charge on any atom is -0.0682 e. The lowest BCUT2D eigenvalue weighted by molar-refractivity contribution is 1.67. The molecule has 6 aromatic rings. The van der Waals surface area contributed by atoms with Crippen LogP contribution in [0.25, 0.3) is 0 Å². The molecule has 6 aromatic carbocycles. The summed E-state index contributed by atoms with van der Waals surface area (Å²) in [6.07, 6.45) is 0. The van der Waals surface area contributed by atoms with Gasteiger partial charge in [-0.3, -0.25) is 0 Å². The third-order valence-electron chi connectivity index (χ3n) is 10.5. The maximum absolute atomic E-state index is 2.83. The van der Waals surface area contributed by atoms with E-state index in [-0.39, 0.29) is 0 Å². The highest BCUT2D eigenvalue weighted by molar-refractivity contribution is 8.23. The predicted molar refractivity (Wildman–Crippen MR) is 191 cm³/mol. The monoisotopic (exact) mass is 604 g/mol. The SMILES string of the molecule is C[Si]1(c2ccccc2)[Si](c2ccccc2)(c2ccccc2)[Si](C)(c2ccccc2)[Si]1(c1ccccc1)c1ccccc1. The molecule has 0 amide bonds. The summed E-state index contributed by atoms with van der Waals surface area (Å²) in [6, 6.07) is 71.0. The van der Waals surface area contributed by atoms with Crippen LogP contribution in [0.2, 0.25) is 13.1 Å². The summed E-state index contributed by atoms with van der Waals surface area (Å²) in [5, 5.41) is 9.77. The van der Waals surface area contributed by atoms with Gasteiger partial charge in [0, 0.05) is 0 Å². The first-order valence-electron chi connectivity index (χ1n) is 15.0. The van der Waals surface area contributed by atoms with Crippen molar-refractivity contribution in [3.63, 3.8) is 0 Å². The lowest BCUT2D eigenvalue weighted by Crippen LogP contribution is -3.20. The highest BCUT2D eigenvalue weighted by Gasteiger charge is 2.89. The summed E-state index contributed by atoms with van der Waals surface area (Å²) < 4.78 is 0.